The number of hydrazine groups is 1. The molecule has 2 rings (SSSR count). The Labute approximate surface area is 167 Å². The van der Waals surface area contributed by atoms with E-state index in [-0.39, 0.29) is 16.9 Å². The first-order valence-electron chi connectivity index (χ1n) is 7.74. The molecule has 1 heterocycles. The van der Waals surface area contributed by atoms with Crippen LogP contribution in [0.2, 0.25) is 5.02 Å². The first-order valence-corrected chi connectivity index (χ1v) is 8.90. The lowest BCUT2D eigenvalue weighted by molar-refractivity contribution is -0.138. The van der Waals surface area contributed by atoms with Gasteiger partial charge in [0.1, 0.15) is 5.17 Å². The number of nitrogens with two attached hydrogens (primary N) is 1. The summed E-state index contributed by atoms with van der Waals surface area (Å²) >= 11 is 17.3. The molecule has 4 N–H and O–H groups in total. The van der Waals surface area contributed by atoms with Crippen molar-refractivity contribution in [2.24, 2.45) is 10.7 Å². The molecule has 0 spiro atoms. The normalized spacial score (nSPS) is 18.4. The Hall–Kier alpha value is -2.09. The standard InChI is InChI=1S/C17H18Cl2N4O2S/c1-3-25-16(24)13-9(2)22-15(19)12(8-21-23-17(20)26)14(13)10-5-4-6-11(18)7-10/h4-8,14,21H,3H2,1-2H3,(H3,20,23,26)/b12-8+. The number of benzene rings is 1. The van der Waals surface area contributed by atoms with Gasteiger partial charge in [-0.3, -0.25) is 5.43 Å². The molecule has 1 aromatic carbocycles. The summed E-state index contributed by atoms with van der Waals surface area (Å²) in [5.41, 5.74) is 12.9. The molecule has 26 heavy (non-hydrogen) atoms. The lowest BCUT2D eigenvalue weighted by atomic mass is 9.82. The number of ether oxygens (including phenoxy) is 1. The minimum Gasteiger partial charge on any atom is -0.463 e. The van der Waals surface area contributed by atoms with E-state index in [4.69, 9.17) is 45.9 Å². The molecule has 1 aliphatic heterocycles. The van der Waals surface area contributed by atoms with Gasteiger partial charge in [-0.05, 0) is 43.8 Å². The van der Waals surface area contributed by atoms with Crippen molar-refractivity contribution < 1.29 is 9.53 Å². The van der Waals surface area contributed by atoms with Gasteiger partial charge in [-0.2, -0.15) is 0 Å². The monoisotopic (exact) mass is 412 g/mol. The molecule has 138 valence electrons. The highest BCUT2D eigenvalue weighted by Crippen LogP contribution is 2.40. The number of hydrogen-bond acceptors (Lipinski definition) is 5. The summed E-state index contributed by atoms with van der Waals surface area (Å²) in [7, 11) is 0. The van der Waals surface area contributed by atoms with Crippen molar-refractivity contribution in [3.8, 4) is 0 Å². The van der Waals surface area contributed by atoms with E-state index < -0.39 is 11.9 Å². The molecule has 1 aromatic rings. The predicted octanol–water partition coefficient (Wildman–Crippen LogP) is 3.13. The Morgan fingerprint density at radius 3 is 2.81 bits per heavy atom. The van der Waals surface area contributed by atoms with Gasteiger partial charge in [0.05, 0.1) is 17.9 Å². The number of esters is 1. The highest BCUT2D eigenvalue weighted by molar-refractivity contribution is 7.80. The Morgan fingerprint density at radius 1 is 1.46 bits per heavy atom. The summed E-state index contributed by atoms with van der Waals surface area (Å²) < 4.78 is 5.21. The first-order chi connectivity index (χ1) is 12.3. The quantitative estimate of drug-likeness (QED) is 0.391. The van der Waals surface area contributed by atoms with Crippen molar-refractivity contribution in [1.29, 1.82) is 0 Å². The fourth-order valence-electron chi connectivity index (χ4n) is 2.59. The van der Waals surface area contributed by atoms with Crippen molar-refractivity contribution >= 4 is 51.7 Å². The zero-order chi connectivity index (χ0) is 19.3. The van der Waals surface area contributed by atoms with Crippen molar-refractivity contribution in [1.82, 2.24) is 10.9 Å². The number of rotatable bonds is 5. The Bertz CT molecular complexity index is 821. The zero-order valence-corrected chi connectivity index (χ0v) is 16.5. The summed E-state index contributed by atoms with van der Waals surface area (Å²) in [5.74, 6) is -0.977. The van der Waals surface area contributed by atoms with Crippen molar-refractivity contribution in [3.05, 3.63) is 57.9 Å². The average molecular weight is 413 g/mol. The van der Waals surface area contributed by atoms with E-state index in [0.29, 0.717) is 21.9 Å². The van der Waals surface area contributed by atoms with Crippen LogP contribution in [0.25, 0.3) is 0 Å². The minimum absolute atomic E-state index is 0.0577. The maximum absolute atomic E-state index is 12.6. The third-order valence-electron chi connectivity index (χ3n) is 3.59. The number of thiocarbonyl (C=S) groups is 1. The summed E-state index contributed by atoms with van der Waals surface area (Å²) in [6.07, 6.45) is 1.56. The number of carbonyl (C=O) groups is 1. The number of aliphatic imine (C=N–C) groups is 1. The molecule has 0 amide bonds. The van der Waals surface area contributed by atoms with Crippen LogP contribution in [0, 0.1) is 0 Å². The van der Waals surface area contributed by atoms with E-state index in [0.717, 1.165) is 5.56 Å². The van der Waals surface area contributed by atoms with E-state index in [1.807, 2.05) is 6.07 Å². The molecule has 9 heteroatoms. The molecule has 0 aliphatic carbocycles. The lowest BCUT2D eigenvalue weighted by Crippen LogP contribution is -2.38. The Morgan fingerprint density at radius 2 is 2.19 bits per heavy atom. The van der Waals surface area contributed by atoms with Gasteiger partial charge in [-0.25, -0.2) is 9.79 Å². The van der Waals surface area contributed by atoms with Crippen LogP contribution in [0.4, 0.5) is 0 Å². The molecule has 0 aromatic heterocycles. The van der Waals surface area contributed by atoms with Crippen LogP contribution in [-0.4, -0.2) is 22.9 Å². The largest absolute Gasteiger partial charge is 0.463 e. The van der Waals surface area contributed by atoms with Crippen LogP contribution in [0.3, 0.4) is 0 Å². The topological polar surface area (TPSA) is 88.7 Å². The van der Waals surface area contributed by atoms with Crippen LogP contribution in [0.15, 0.2) is 52.3 Å². The highest BCUT2D eigenvalue weighted by Gasteiger charge is 2.34. The van der Waals surface area contributed by atoms with Crippen molar-refractivity contribution in [2.45, 2.75) is 19.8 Å². The molecule has 6 nitrogen and oxygen atoms in total. The molecule has 0 radical (unpaired) electrons. The van der Waals surface area contributed by atoms with Gasteiger partial charge in [0.15, 0.2) is 5.11 Å². The van der Waals surface area contributed by atoms with Crippen LogP contribution in [0.1, 0.15) is 25.3 Å². The number of hydrogen-bond donors (Lipinski definition) is 3. The molecule has 0 fully saturated rings. The highest BCUT2D eigenvalue weighted by atomic mass is 35.5. The molecule has 0 saturated heterocycles. The first kappa shape index (κ1) is 20.2. The number of carbonyl (C=O) groups excluding carboxylic acids is 1. The summed E-state index contributed by atoms with van der Waals surface area (Å²) in [5, 5.41) is 0.829. The molecule has 1 unspecified atom stereocenters. The fraction of sp³-hybridized carbons (Fsp3) is 0.235. The molecule has 0 saturated carbocycles. The SMILES string of the molecule is CCOC(=O)C1=C(C)N=C(Cl)/C(=C/NNC(N)=S)C1c1cccc(Cl)c1. The molecule has 1 aliphatic rings. The summed E-state index contributed by atoms with van der Waals surface area (Å²) in [6.45, 7) is 3.70. The van der Waals surface area contributed by atoms with Gasteiger partial charge < -0.3 is 15.9 Å². The van der Waals surface area contributed by atoms with Gasteiger partial charge in [-0.1, -0.05) is 35.3 Å². The number of nitrogens with zero attached hydrogens (tertiary/aromatic N) is 1. The van der Waals surface area contributed by atoms with Crippen LogP contribution in [0.5, 0.6) is 0 Å². The summed E-state index contributed by atoms with van der Waals surface area (Å²) in [6, 6.07) is 7.17. The van der Waals surface area contributed by atoms with Gasteiger partial charge in [0.2, 0.25) is 0 Å². The van der Waals surface area contributed by atoms with Crippen LogP contribution >= 0.6 is 35.4 Å². The maximum Gasteiger partial charge on any atom is 0.336 e. The second-order valence-corrected chi connectivity index (χ2v) is 6.58. The number of halogens is 2. The third-order valence-corrected chi connectivity index (χ3v) is 4.23. The number of nitrogens with one attached hydrogen (secondary N) is 2. The van der Waals surface area contributed by atoms with E-state index >= 15 is 0 Å². The lowest BCUT2D eigenvalue weighted by Gasteiger charge is -2.27. The van der Waals surface area contributed by atoms with Crippen molar-refractivity contribution in [2.75, 3.05) is 6.61 Å². The maximum atomic E-state index is 12.6. The van der Waals surface area contributed by atoms with Gasteiger partial charge in [0, 0.05) is 22.7 Å². The zero-order valence-electron chi connectivity index (χ0n) is 14.2. The van der Waals surface area contributed by atoms with E-state index in [1.165, 1.54) is 0 Å². The molecule has 0 bridgehead atoms. The average Bonchev–Trinajstić information content (AvgIpc) is 2.56. The van der Waals surface area contributed by atoms with E-state index in [1.54, 1.807) is 38.2 Å². The van der Waals surface area contributed by atoms with Gasteiger partial charge in [0.25, 0.3) is 0 Å². The van der Waals surface area contributed by atoms with Gasteiger partial charge >= 0.3 is 5.97 Å². The van der Waals surface area contributed by atoms with Crippen LogP contribution < -0.4 is 16.6 Å². The van der Waals surface area contributed by atoms with Gasteiger partial charge in [-0.15, -0.1) is 0 Å². The van der Waals surface area contributed by atoms with E-state index in [2.05, 4.69) is 15.8 Å². The molecular weight excluding hydrogens is 395 g/mol. The third kappa shape index (κ3) is 4.75. The Balaban J connectivity index is 2.58. The smallest absolute Gasteiger partial charge is 0.336 e. The minimum atomic E-state index is -0.515. The summed E-state index contributed by atoms with van der Waals surface area (Å²) in [4.78, 5) is 16.9. The molecule has 1 atom stereocenters. The second-order valence-electron chi connectivity index (χ2n) is 5.34. The number of allylic oxidation sites excluding steroid dienone is 2. The Kier molecular flexibility index (Phi) is 7.02. The second kappa shape index (κ2) is 9.02. The van der Waals surface area contributed by atoms with Crippen LogP contribution in [-0.2, 0) is 9.53 Å². The fourth-order valence-corrected chi connectivity index (χ4v) is 3.14. The van der Waals surface area contributed by atoms with Crippen molar-refractivity contribution in [3.63, 3.8) is 0 Å². The predicted molar refractivity (Wildman–Crippen MR) is 108 cm³/mol. The molecular formula is C17H18Cl2N4O2S. The van der Waals surface area contributed by atoms with E-state index in [9.17, 15) is 4.79 Å².